The Morgan fingerprint density at radius 2 is 2.07 bits per heavy atom. The van der Waals surface area contributed by atoms with Gasteiger partial charge >= 0.3 is 0 Å². The van der Waals surface area contributed by atoms with E-state index in [0.717, 1.165) is 16.8 Å². The highest BCUT2D eigenvalue weighted by Crippen LogP contribution is 2.30. The monoisotopic (exact) mass is 365 g/mol. The first-order chi connectivity index (χ1) is 13.0. The highest BCUT2D eigenvalue weighted by molar-refractivity contribution is 6.06. The number of imide groups is 1. The largest absolute Gasteiger partial charge is 0.384 e. The zero-order valence-corrected chi connectivity index (χ0v) is 14.6. The van der Waals surface area contributed by atoms with E-state index in [9.17, 15) is 14.4 Å². The Morgan fingerprint density at radius 1 is 1.22 bits per heavy atom. The fraction of sp³-hybridized carbons (Fsp3) is 0.263. The zero-order valence-electron chi connectivity index (χ0n) is 14.6. The summed E-state index contributed by atoms with van der Waals surface area (Å²) in [6.45, 7) is 0.821. The smallest absolute Gasteiger partial charge is 0.255 e. The SMILES string of the molecule is Nc1ccc(NCc2cccc3c2C(=O)N(C2CCC(=O)NC2=O)C3)cn1. The molecule has 0 saturated carbocycles. The van der Waals surface area contributed by atoms with Crippen LogP contribution in [0.3, 0.4) is 0 Å². The molecule has 1 fully saturated rings. The van der Waals surface area contributed by atoms with Crippen LogP contribution in [0.25, 0.3) is 0 Å². The van der Waals surface area contributed by atoms with Crippen molar-refractivity contribution in [3.63, 3.8) is 0 Å². The van der Waals surface area contributed by atoms with E-state index in [1.807, 2.05) is 24.3 Å². The molecule has 0 bridgehead atoms. The summed E-state index contributed by atoms with van der Waals surface area (Å²) in [7, 11) is 0. The number of fused-ring (bicyclic) bond motifs is 1. The van der Waals surface area contributed by atoms with Crippen LogP contribution in [-0.2, 0) is 22.7 Å². The number of nitrogen functional groups attached to an aromatic ring is 1. The van der Waals surface area contributed by atoms with Gasteiger partial charge in [0.05, 0.1) is 11.9 Å². The van der Waals surface area contributed by atoms with Gasteiger partial charge in [-0.05, 0) is 29.7 Å². The van der Waals surface area contributed by atoms with Gasteiger partial charge in [0.15, 0.2) is 0 Å². The van der Waals surface area contributed by atoms with E-state index in [1.54, 1.807) is 17.2 Å². The van der Waals surface area contributed by atoms with E-state index in [2.05, 4.69) is 15.6 Å². The number of benzene rings is 1. The first-order valence-corrected chi connectivity index (χ1v) is 8.74. The molecular formula is C19H19N5O3. The molecule has 8 heteroatoms. The highest BCUT2D eigenvalue weighted by atomic mass is 16.2. The van der Waals surface area contributed by atoms with Crippen LogP contribution >= 0.6 is 0 Å². The number of nitrogens with two attached hydrogens (primary N) is 1. The fourth-order valence-corrected chi connectivity index (χ4v) is 3.54. The van der Waals surface area contributed by atoms with Crippen molar-refractivity contribution in [1.29, 1.82) is 0 Å². The second-order valence-electron chi connectivity index (χ2n) is 6.68. The van der Waals surface area contributed by atoms with Crippen LogP contribution < -0.4 is 16.4 Å². The summed E-state index contributed by atoms with van der Waals surface area (Å²) in [5.41, 5.74) is 8.75. The third-order valence-electron chi connectivity index (χ3n) is 4.91. The summed E-state index contributed by atoms with van der Waals surface area (Å²) in [5.74, 6) is -0.425. The number of amides is 3. The molecule has 4 N–H and O–H groups in total. The Kier molecular flexibility index (Phi) is 4.23. The summed E-state index contributed by atoms with van der Waals surface area (Å²) in [6, 6.07) is 8.61. The Labute approximate surface area is 155 Å². The molecule has 2 aliphatic heterocycles. The van der Waals surface area contributed by atoms with Gasteiger partial charge in [-0.3, -0.25) is 19.7 Å². The van der Waals surface area contributed by atoms with E-state index >= 15 is 0 Å². The number of nitrogens with one attached hydrogen (secondary N) is 2. The van der Waals surface area contributed by atoms with Gasteiger partial charge in [0, 0.05) is 25.1 Å². The lowest BCUT2D eigenvalue weighted by Gasteiger charge is -2.29. The quantitative estimate of drug-likeness (QED) is 0.697. The molecule has 0 radical (unpaired) electrons. The topological polar surface area (TPSA) is 117 Å². The molecule has 1 aromatic heterocycles. The molecule has 2 aromatic rings. The van der Waals surface area contributed by atoms with Gasteiger partial charge in [-0.15, -0.1) is 0 Å². The van der Waals surface area contributed by atoms with Crippen molar-refractivity contribution in [3.05, 3.63) is 53.2 Å². The first kappa shape index (κ1) is 17.0. The van der Waals surface area contributed by atoms with Crippen molar-refractivity contribution in [3.8, 4) is 0 Å². The maximum Gasteiger partial charge on any atom is 0.255 e. The van der Waals surface area contributed by atoms with Crippen molar-refractivity contribution in [2.75, 3.05) is 11.1 Å². The first-order valence-electron chi connectivity index (χ1n) is 8.74. The summed E-state index contributed by atoms with van der Waals surface area (Å²) < 4.78 is 0. The van der Waals surface area contributed by atoms with Gasteiger partial charge in [0.25, 0.3) is 5.91 Å². The molecule has 2 aliphatic rings. The normalized spacial score (nSPS) is 19.0. The molecule has 27 heavy (non-hydrogen) atoms. The Morgan fingerprint density at radius 3 is 2.81 bits per heavy atom. The predicted octanol–water partition coefficient (Wildman–Crippen LogP) is 1.04. The summed E-state index contributed by atoms with van der Waals surface area (Å²) >= 11 is 0. The number of nitrogens with zero attached hydrogens (tertiary/aromatic N) is 2. The van der Waals surface area contributed by atoms with Crippen molar-refractivity contribution in [2.24, 2.45) is 0 Å². The number of hydrogen-bond donors (Lipinski definition) is 3. The maximum atomic E-state index is 13.0. The summed E-state index contributed by atoms with van der Waals surface area (Å²) in [5, 5.41) is 5.55. The second-order valence-corrected chi connectivity index (χ2v) is 6.68. The predicted molar refractivity (Wildman–Crippen MR) is 98.5 cm³/mol. The molecule has 138 valence electrons. The Balaban J connectivity index is 1.53. The van der Waals surface area contributed by atoms with Gasteiger partial charge in [-0.25, -0.2) is 4.98 Å². The highest BCUT2D eigenvalue weighted by Gasteiger charge is 2.39. The molecule has 4 rings (SSSR count). The van der Waals surface area contributed by atoms with E-state index in [4.69, 9.17) is 5.73 Å². The molecule has 0 aliphatic carbocycles. The van der Waals surface area contributed by atoms with E-state index in [-0.39, 0.29) is 18.2 Å². The molecule has 3 amide bonds. The van der Waals surface area contributed by atoms with Crippen LogP contribution in [-0.4, -0.2) is 33.6 Å². The molecule has 1 saturated heterocycles. The van der Waals surface area contributed by atoms with Crippen molar-refractivity contribution in [2.45, 2.75) is 32.0 Å². The van der Waals surface area contributed by atoms with E-state index in [1.165, 1.54) is 0 Å². The number of aromatic nitrogens is 1. The third kappa shape index (κ3) is 3.21. The van der Waals surface area contributed by atoms with Gasteiger partial charge in [0.2, 0.25) is 11.8 Å². The van der Waals surface area contributed by atoms with Crippen molar-refractivity contribution < 1.29 is 14.4 Å². The second kappa shape index (κ2) is 6.71. The van der Waals surface area contributed by atoms with Crippen LogP contribution in [0.15, 0.2) is 36.5 Å². The third-order valence-corrected chi connectivity index (χ3v) is 4.91. The standard InChI is InChI=1S/C19H19N5O3/c20-15-6-4-13(9-22-15)21-8-11-2-1-3-12-10-24(19(27)17(11)12)14-5-7-16(25)23-18(14)26/h1-4,6,9,14,21H,5,7-8,10H2,(H2,20,22)(H,23,25,26). The molecule has 1 aromatic carbocycles. The average Bonchev–Trinajstić information content (AvgIpc) is 2.98. The lowest BCUT2D eigenvalue weighted by Crippen LogP contribution is -2.52. The van der Waals surface area contributed by atoms with Crippen LogP contribution in [0.5, 0.6) is 0 Å². The summed E-state index contributed by atoms with van der Waals surface area (Å²) in [4.78, 5) is 42.1. The van der Waals surface area contributed by atoms with Crippen molar-refractivity contribution >= 4 is 29.2 Å². The van der Waals surface area contributed by atoms with Crippen molar-refractivity contribution in [1.82, 2.24) is 15.2 Å². The van der Waals surface area contributed by atoms with Crippen LogP contribution in [0.4, 0.5) is 11.5 Å². The molecular weight excluding hydrogens is 346 g/mol. The van der Waals surface area contributed by atoms with Crippen LogP contribution in [0.2, 0.25) is 0 Å². The average molecular weight is 365 g/mol. The molecule has 8 nitrogen and oxygen atoms in total. The molecule has 3 heterocycles. The summed E-state index contributed by atoms with van der Waals surface area (Å²) in [6.07, 6.45) is 2.24. The zero-order chi connectivity index (χ0) is 19.0. The van der Waals surface area contributed by atoms with Gasteiger partial charge < -0.3 is 16.0 Å². The van der Waals surface area contributed by atoms with Crippen LogP contribution in [0.1, 0.15) is 34.3 Å². The number of carbonyl (C=O) groups is 3. The van der Waals surface area contributed by atoms with Gasteiger partial charge in [-0.1, -0.05) is 18.2 Å². The lowest BCUT2D eigenvalue weighted by molar-refractivity contribution is -0.136. The number of rotatable bonds is 4. The van der Waals surface area contributed by atoms with Gasteiger partial charge in [-0.2, -0.15) is 0 Å². The number of hydrogen-bond acceptors (Lipinski definition) is 6. The Bertz CT molecular complexity index is 925. The Hall–Kier alpha value is -3.42. The number of pyridine rings is 1. The minimum absolute atomic E-state index is 0.174. The lowest BCUT2D eigenvalue weighted by atomic mass is 10.0. The number of carbonyl (C=O) groups excluding carboxylic acids is 3. The molecule has 1 atom stereocenters. The van der Waals surface area contributed by atoms with Crippen LogP contribution in [0, 0.1) is 0 Å². The van der Waals surface area contributed by atoms with Gasteiger partial charge in [0.1, 0.15) is 11.9 Å². The maximum absolute atomic E-state index is 13.0. The van der Waals surface area contributed by atoms with E-state index in [0.29, 0.717) is 30.9 Å². The minimum Gasteiger partial charge on any atom is -0.384 e. The van der Waals surface area contributed by atoms with E-state index < -0.39 is 11.9 Å². The fourth-order valence-electron chi connectivity index (χ4n) is 3.54. The molecule has 0 spiro atoms. The molecule has 1 unspecified atom stereocenters. The minimum atomic E-state index is -0.607. The number of anilines is 2. The number of piperidine rings is 1.